The molecule has 0 spiro atoms. The Morgan fingerprint density at radius 2 is 1.61 bits per heavy atom. The Bertz CT molecular complexity index is 2750. The SMILES string of the molecule is CC(C)(O)c1cc2nn(C3CCC(CNCCCCCCc4cncc(-c5cccc(C(=O)Nc6ccc(=O)n(CC(=O)O)c6)c5)c4)CC3)cc2cc1NC(=O)c1cccc(C(F)(F)F)n1. The van der Waals surface area contributed by atoms with E-state index >= 15 is 0 Å². The number of carbonyl (C=O) groups is 3. The van der Waals surface area contributed by atoms with Gasteiger partial charge in [-0.05, 0) is 137 Å². The van der Waals surface area contributed by atoms with Gasteiger partial charge in [-0.2, -0.15) is 18.3 Å². The number of fused-ring (bicyclic) bond motifs is 1. The molecule has 2 amide bonds. The Balaban J connectivity index is 0.825. The van der Waals surface area contributed by atoms with E-state index in [1.807, 2.05) is 23.1 Å². The molecule has 0 bridgehead atoms. The summed E-state index contributed by atoms with van der Waals surface area (Å²) in [6.07, 6.45) is 11.4. The molecule has 0 aliphatic heterocycles. The number of alkyl halides is 3. The summed E-state index contributed by atoms with van der Waals surface area (Å²) in [6, 6.07) is 18.7. The van der Waals surface area contributed by atoms with Crippen LogP contribution in [0.1, 0.15) is 109 Å². The molecule has 6 aromatic rings. The van der Waals surface area contributed by atoms with Gasteiger partial charge in [-0.3, -0.25) is 28.8 Å². The van der Waals surface area contributed by atoms with Gasteiger partial charge >= 0.3 is 12.1 Å². The van der Waals surface area contributed by atoms with E-state index in [0.29, 0.717) is 28.2 Å². The topological polar surface area (TPSA) is 193 Å². The van der Waals surface area contributed by atoms with Crippen molar-refractivity contribution in [3.8, 4) is 11.1 Å². The quantitative estimate of drug-likeness (QED) is 0.0522. The number of hydrogen-bond acceptors (Lipinski definition) is 9. The maximum atomic E-state index is 13.2. The highest BCUT2D eigenvalue weighted by Gasteiger charge is 2.33. The van der Waals surface area contributed by atoms with E-state index in [-0.39, 0.29) is 17.4 Å². The van der Waals surface area contributed by atoms with E-state index in [1.54, 1.807) is 50.4 Å². The highest BCUT2D eigenvalue weighted by molar-refractivity contribution is 6.05. The zero-order valence-corrected chi connectivity index (χ0v) is 36.8. The molecular weight excluding hydrogens is 854 g/mol. The Morgan fingerprint density at radius 3 is 2.36 bits per heavy atom. The summed E-state index contributed by atoms with van der Waals surface area (Å²) in [4.78, 5) is 57.1. The number of aliphatic hydroxyl groups is 1. The molecule has 5 N–H and O–H groups in total. The number of amides is 2. The number of carbonyl (C=O) groups excluding carboxylic acids is 2. The number of nitrogens with one attached hydrogen (secondary N) is 3. The lowest BCUT2D eigenvalue weighted by molar-refractivity contribution is -0.141. The van der Waals surface area contributed by atoms with Crippen LogP contribution in [0.25, 0.3) is 22.0 Å². The highest BCUT2D eigenvalue weighted by Crippen LogP contribution is 2.36. The maximum Gasteiger partial charge on any atom is 0.433 e. The number of unbranched alkanes of at least 4 members (excludes halogenated alkanes) is 3. The van der Waals surface area contributed by atoms with Crippen LogP contribution < -0.4 is 21.5 Å². The number of benzene rings is 2. The van der Waals surface area contributed by atoms with E-state index in [0.717, 1.165) is 110 Å². The molecule has 1 saturated carbocycles. The number of carboxylic acids is 1. The van der Waals surface area contributed by atoms with Crippen LogP contribution in [0, 0.1) is 5.92 Å². The van der Waals surface area contributed by atoms with Gasteiger partial charge in [-0.1, -0.05) is 31.0 Å². The van der Waals surface area contributed by atoms with Crippen LogP contribution in [0.2, 0.25) is 0 Å². The Labute approximate surface area is 379 Å². The van der Waals surface area contributed by atoms with Gasteiger partial charge < -0.3 is 30.7 Å². The van der Waals surface area contributed by atoms with Gasteiger partial charge in [0, 0.05) is 58.6 Å². The average molecular weight is 907 g/mol. The summed E-state index contributed by atoms with van der Waals surface area (Å²) in [5.41, 5.74) is 1.44. The molecule has 0 unspecified atom stereocenters. The second-order valence-electron chi connectivity index (χ2n) is 17.4. The number of nitrogens with zero attached hydrogens (tertiary/aromatic N) is 5. The fraction of sp³-hybridized carbons (Fsp3) is 0.367. The maximum absolute atomic E-state index is 13.2. The standard InChI is InChI=1S/C49H53F3N8O6/c1-48(2,66)39-24-41-36(23-42(39)57-47(65)40-12-8-13-43(56-40)49(50,51)52)28-60(58-41)38-17-14-31(15-18-38)25-53-20-6-4-3-5-9-32-21-35(27-54-26-32)33-10-7-11-34(22-33)46(64)55-37-16-19-44(61)59(29-37)30-45(62)63/h7-8,10-13,16,19,21-24,26-29,31,38,53,66H,3-6,9,14-15,17-18,20,25,30H2,1-2H3,(H,55,64)(H,57,65)(H,62,63). The highest BCUT2D eigenvalue weighted by atomic mass is 19.4. The van der Waals surface area contributed by atoms with E-state index in [2.05, 4.69) is 32.0 Å². The minimum atomic E-state index is -4.70. The van der Waals surface area contributed by atoms with Crippen LogP contribution in [-0.2, 0) is 29.5 Å². The van der Waals surface area contributed by atoms with Gasteiger partial charge in [0.05, 0.1) is 22.8 Å². The van der Waals surface area contributed by atoms with Crippen LogP contribution >= 0.6 is 0 Å². The van der Waals surface area contributed by atoms with Crippen molar-refractivity contribution in [1.29, 1.82) is 0 Å². The minimum absolute atomic E-state index is 0.192. The van der Waals surface area contributed by atoms with Crippen LogP contribution in [0.3, 0.4) is 0 Å². The van der Waals surface area contributed by atoms with Gasteiger partial charge in [0.1, 0.15) is 17.9 Å². The molecule has 346 valence electrons. The number of aromatic nitrogens is 5. The number of hydrogen-bond donors (Lipinski definition) is 5. The van der Waals surface area contributed by atoms with E-state index in [4.69, 9.17) is 10.2 Å². The van der Waals surface area contributed by atoms with E-state index in [9.17, 15) is 37.5 Å². The Morgan fingerprint density at radius 1 is 0.833 bits per heavy atom. The molecule has 1 fully saturated rings. The summed E-state index contributed by atoms with van der Waals surface area (Å²) in [5, 5.41) is 34.7. The number of pyridine rings is 3. The third kappa shape index (κ3) is 12.3. The first-order chi connectivity index (χ1) is 31.5. The predicted octanol–water partition coefficient (Wildman–Crippen LogP) is 8.61. The average Bonchev–Trinajstić information content (AvgIpc) is 3.71. The van der Waals surface area contributed by atoms with Gasteiger partial charge in [0.15, 0.2) is 0 Å². The van der Waals surface area contributed by atoms with Gasteiger partial charge in [-0.25, -0.2) is 4.98 Å². The third-order valence-electron chi connectivity index (χ3n) is 11.8. The lowest BCUT2D eigenvalue weighted by Gasteiger charge is -2.28. The number of halogens is 3. The summed E-state index contributed by atoms with van der Waals surface area (Å²) in [5.74, 6) is -1.81. The first kappa shape index (κ1) is 47.2. The van der Waals surface area contributed by atoms with Crippen molar-refractivity contribution in [3.63, 3.8) is 0 Å². The summed E-state index contributed by atoms with van der Waals surface area (Å²) < 4.78 is 42.7. The lowest BCUT2D eigenvalue weighted by atomic mass is 9.86. The second-order valence-corrected chi connectivity index (χ2v) is 17.4. The molecule has 7 rings (SSSR count). The fourth-order valence-electron chi connectivity index (χ4n) is 8.35. The Kier molecular flexibility index (Phi) is 14.8. The summed E-state index contributed by atoms with van der Waals surface area (Å²) in [7, 11) is 0. The van der Waals surface area contributed by atoms with Crippen molar-refractivity contribution in [2.75, 3.05) is 23.7 Å². The van der Waals surface area contributed by atoms with Crippen LogP contribution in [0.15, 0.2) is 102 Å². The summed E-state index contributed by atoms with van der Waals surface area (Å²) in [6.45, 7) is 4.53. The van der Waals surface area contributed by atoms with Crippen LogP contribution in [0.4, 0.5) is 24.5 Å². The molecule has 2 aromatic carbocycles. The molecule has 17 heteroatoms. The normalized spacial score (nSPS) is 15.4. The predicted molar refractivity (Wildman–Crippen MR) is 244 cm³/mol. The van der Waals surface area contributed by atoms with Gasteiger partial charge in [0.25, 0.3) is 17.4 Å². The first-order valence-electron chi connectivity index (χ1n) is 22.1. The van der Waals surface area contributed by atoms with Crippen molar-refractivity contribution in [2.24, 2.45) is 5.92 Å². The fourth-order valence-corrected chi connectivity index (χ4v) is 8.35. The largest absolute Gasteiger partial charge is 0.480 e. The number of aliphatic carboxylic acids is 1. The second kappa shape index (κ2) is 20.6. The van der Waals surface area contributed by atoms with Crippen molar-refractivity contribution in [2.45, 2.75) is 96.0 Å². The van der Waals surface area contributed by atoms with Gasteiger partial charge in [0.2, 0.25) is 0 Å². The van der Waals surface area contributed by atoms with E-state index < -0.39 is 47.4 Å². The molecule has 1 aliphatic rings. The number of carboxylic acid groups (broad SMARTS) is 1. The number of aryl methyl sites for hydroxylation is 1. The van der Waals surface area contributed by atoms with Crippen LogP contribution in [-0.4, -0.2) is 65.4 Å². The molecule has 0 atom stereocenters. The zero-order chi connectivity index (χ0) is 47.0. The molecular formula is C49H53F3N8O6. The van der Waals surface area contributed by atoms with Gasteiger partial charge in [-0.15, -0.1) is 0 Å². The molecule has 1 aliphatic carbocycles. The molecule has 66 heavy (non-hydrogen) atoms. The molecule has 14 nitrogen and oxygen atoms in total. The van der Waals surface area contributed by atoms with Crippen molar-refractivity contribution in [3.05, 3.63) is 136 Å². The molecule has 4 aromatic heterocycles. The smallest absolute Gasteiger partial charge is 0.433 e. The minimum Gasteiger partial charge on any atom is -0.480 e. The van der Waals surface area contributed by atoms with Crippen molar-refractivity contribution in [1.82, 2.24) is 29.6 Å². The molecule has 0 saturated heterocycles. The Hall–Kier alpha value is -6.72. The molecule has 4 heterocycles. The van der Waals surface area contributed by atoms with Crippen molar-refractivity contribution < 1.29 is 37.8 Å². The number of anilines is 2. The molecule has 0 radical (unpaired) electrons. The summed E-state index contributed by atoms with van der Waals surface area (Å²) >= 11 is 0. The lowest BCUT2D eigenvalue weighted by Crippen LogP contribution is -2.28. The number of rotatable bonds is 18. The monoisotopic (exact) mass is 906 g/mol. The third-order valence-corrected chi connectivity index (χ3v) is 11.8. The van der Waals surface area contributed by atoms with E-state index in [1.165, 1.54) is 24.4 Å². The first-order valence-corrected chi connectivity index (χ1v) is 22.1. The van der Waals surface area contributed by atoms with Crippen LogP contribution in [0.5, 0.6) is 0 Å². The van der Waals surface area contributed by atoms with Crippen molar-refractivity contribution >= 4 is 40.1 Å². The zero-order valence-electron chi connectivity index (χ0n) is 36.8.